The van der Waals surface area contributed by atoms with Gasteiger partial charge in [-0.3, -0.25) is 10.1 Å². The summed E-state index contributed by atoms with van der Waals surface area (Å²) in [6.07, 6.45) is 0. The third-order valence-electron chi connectivity index (χ3n) is 2.26. The van der Waals surface area contributed by atoms with E-state index in [2.05, 4.69) is 4.74 Å². The van der Waals surface area contributed by atoms with Gasteiger partial charge in [-0.15, -0.1) is 0 Å². The van der Waals surface area contributed by atoms with Gasteiger partial charge in [0.2, 0.25) is 5.82 Å². The van der Waals surface area contributed by atoms with Crippen molar-refractivity contribution in [3.05, 3.63) is 34.1 Å². The molecule has 0 aliphatic rings. The van der Waals surface area contributed by atoms with E-state index in [1.807, 2.05) is 0 Å². The van der Waals surface area contributed by atoms with Crippen LogP contribution in [0.4, 0.5) is 10.1 Å². The molecule has 104 valence electrons. The van der Waals surface area contributed by atoms with Gasteiger partial charge in [-0.1, -0.05) is 0 Å². The van der Waals surface area contributed by atoms with Crippen molar-refractivity contribution < 1.29 is 28.7 Å². The van der Waals surface area contributed by atoms with Crippen LogP contribution in [-0.2, 0) is 9.53 Å². The molecule has 0 bridgehead atoms. The maximum Gasteiger partial charge on any atom is 0.341 e. The van der Waals surface area contributed by atoms with Crippen LogP contribution in [0.25, 0.3) is 0 Å². The van der Waals surface area contributed by atoms with Gasteiger partial charge in [0.05, 0.1) is 12.0 Å². The quantitative estimate of drug-likeness (QED) is 0.489. The number of halogens is 1. The van der Waals surface area contributed by atoms with E-state index in [1.54, 1.807) is 0 Å². The fraction of sp³-hybridized carbons (Fsp3) is 0.364. The van der Waals surface area contributed by atoms with Gasteiger partial charge < -0.3 is 14.6 Å². The Balaban J connectivity index is 2.77. The highest BCUT2D eigenvalue weighted by atomic mass is 19.1. The van der Waals surface area contributed by atoms with Crippen LogP contribution in [0.5, 0.6) is 5.75 Å². The van der Waals surface area contributed by atoms with Crippen LogP contribution >= 0.6 is 0 Å². The largest absolute Gasteiger partial charge is 0.490 e. The zero-order valence-corrected chi connectivity index (χ0v) is 10.3. The number of esters is 1. The number of nitrogens with zero attached hydrogens (tertiary/aromatic N) is 1. The standard InChI is InChI=1S/C11H12FNO6/c1-11(15,10(14)18-2)6-19-7-3-4-9(13(16)17)8(12)5-7/h3-5,15H,6H2,1-2H3. The number of carbonyl (C=O) groups excluding carboxylic acids is 1. The van der Waals surface area contributed by atoms with Crippen LogP contribution < -0.4 is 4.74 Å². The molecule has 8 heteroatoms. The van der Waals surface area contributed by atoms with Crippen molar-refractivity contribution in [2.45, 2.75) is 12.5 Å². The summed E-state index contributed by atoms with van der Waals surface area (Å²) in [5, 5.41) is 20.1. The third-order valence-corrected chi connectivity index (χ3v) is 2.26. The molecule has 0 radical (unpaired) electrons. The van der Waals surface area contributed by atoms with Gasteiger partial charge >= 0.3 is 11.7 Å². The van der Waals surface area contributed by atoms with Crippen molar-refractivity contribution in [2.75, 3.05) is 13.7 Å². The summed E-state index contributed by atoms with van der Waals surface area (Å²) >= 11 is 0. The molecule has 0 aliphatic heterocycles. The number of hydrogen-bond donors (Lipinski definition) is 1. The lowest BCUT2D eigenvalue weighted by Gasteiger charge is -2.20. The third kappa shape index (κ3) is 3.62. The van der Waals surface area contributed by atoms with Crippen molar-refractivity contribution >= 4 is 11.7 Å². The molecular formula is C11H12FNO6. The summed E-state index contributed by atoms with van der Waals surface area (Å²) in [7, 11) is 1.10. The lowest BCUT2D eigenvalue weighted by molar-refractivity contribution is -0.387. The Morgan fingerprint density at radius 3 is 2.68 bits per heavy atom. The number of carbonyl (C=O) groups is 1. The van der Waals surface area contributed by atoms with E-state index >= 15 is 0 Å². The molecule has 1 rings (SSSR count). The first kappa shape index (κ1) is 14.8. The number of aliphatic hydroxyl groups is 1. The molecule has 0 aliphatic carbocycles. The number of nitro groups is 1. The van der Waals surface area contributed by atoms with Gasteiger partial charge in [0.15, 0.2) is 5.60 Å². The monoisotopic (exact) mass is 273 g/mol. The molecule has 0 aromatic heterocycles. The molecule has 19 heavy (non-hydrogen) atoms. The van der Waals surface area contributed by atoms with E-state index in [1.165, 1.54) is 6.92 Å². The zero-order chi connectivity index (χ0) is 14.6. The van der Waals surface area contributed by atoms with Crippen molar-refractivity contribution in [3.8, 4) is 5.75 Å². The maximum absolute atomic E-state index is 13.3. The van der Waals surface area contributed by atoms with Crippen LogP contribution in [0.15, 0.2) is 18.2 Å². The normalized spacial score (nSPS) is 13.5. The first-order valence-corrected chi connectivity index (χ1v) is 5.15. The first-order chi connectivity index (χ1) is 8.77. The predicted molar refractivity (Wildman–Crippen MR) is 61.2 cm³/mol. The summed E-state index contributed by atoms with van der Waals surface area (Å²) in [6, 6.07) is 2.89. The molecule has 1 aromatic rings. The molecule has 7 nitrogen and oxygen atoms in total. The molecule has 0 saturated heterocycles. The highest BCUT2D eigenvalue weighted by Gasteiger charge is 2.32. The molecular weight excluding hydrogens is 261 g/mol. The van der Waals surface area contributed by atoms with E-state index in [9.17, 15) is 24.4 Å². The SMILES string of the molecule is COC(=O)C(C)(O)COc1ccc([N+](=O)[O-])c(F)c1. The number of benzene rings is 1. The molecule has 0 spiro atoms. The second kappa shape index (κ2) is 5.61. The van der Waals surface area contributed by atoms with Gasteiger partial charge in [0.1, 0.15) is 12.4 Å². The summed E-state index contributed by atoms with van der Waals surface area (Å²) in [4.78, 5) is 20.7. The van der Waals surface area contributed by atoms with E-state index in [4.69, 9.17) is 4.74 Å². The van der Waals surface area contributed by atoms with Crippen LogP contribution in [0, 0.1) is 15.9 Å². The fourth-order valence-corrected chi connectivity index (χ4v) is 1.23. The summed E-state index contributed by atoms with van der Waals surface area (Å²) in [6.45, 7) is 0.692. The fourth-order valence-electron chi connectivity index (χ4n) is 1.23. The maximum atomic E-state index is 13.3. The average molecular weight is 273 g/mol. The van der Waals surface area contributed by atoms with Gasteiger partial charge in [-0.25, -0.2) is 4.79 Å². The van der Waals surface area contributed by atoms with E-state index in [0.29, 0.717) is 0 Å². The Morgan fingerprint density at radius 2 is 2.21 bits per heavy atom. The van der Waals surface area contributed by atoms with Crippen molar-refractivity contribution in [1.29, 1.82) is 0 Å². The molecule has 1 N–H and O–H groups in total. The molecule has 1 unspecified atom stereocenters. The van der Waals surface area contributed by atoms with Crippen LogP contribution in [0.1, 0.15) is 6.92 Å². The molecule has 0 amide bonds. The Labute approximate surface area is 107 Å². The first-order valence-electron chi connectivity index (χ1n) is 5.15. The minimum Gasteiger partial charge on any atom is -0.490 e. The van der Waals surface area contributed by atoms with E-state index in [0.717, 1.165) is 25.3 Å². The van der Waals surface area contributed by atoms with Crippen LogP contribution in [0.3, 0.4) is 0 Å². The Kier molecular flexibility index (Phi) is 4.38. The number of hydrogen-bond acceptors (Lipinski definition) is 6. The van der Waals surface area contributed by atoms with Crippen molar-refractivity contribution in [1.82, 2.24) is 0 Å². The van der Waals surface area contributed by atoms with Gasteiger partial charge in [0, 0.05) is 12.1 Å². The van der Waals surface area contributed by atoms with Crippen LogP contribution in [-0.4, -0.2) is 35.3 Å². The lowest BCUT2D eigenvalue weighted by Crippen LogP contribution is -2.42. The highest BCUT2D eigenvalue weighted by Crippen LogP contribution is 2.23. The lowest BCUT2D eigenvalue weighted by atomic mass is 10.1. The van der Waals surface area contributed by atoms with E-state index in [-0.39, 0.29) is 5.75 Å². The molecule has 0 heterocycles. The number of nitro benzene ring substituents is 1. The second-order valence-electron chi connectivity index (χ2n) is 3.92. The van der Waals surface area contributed by atoms with E-state index < -0.39 is 34.6 Å². The molecule has 0 fully saturated rings. The molecule has 1 atom stereocenters. The van der Waals surface area contributed by atoms with Gasteiger partial charge in [-0.05, 0) is 13.0 Å². The van der Waals surface area contributed by atoms with Crippen molar-refractivity contribution in [2.24, 2.45) is 0 Å². The molecule has 0 saturated carbocycles. The van der Waals surface area contributed by atoms with Crippen LogP contribution in [0.2, 0.25) is 0 Å². The average Bonchev–Trinajstić information content (AvgIpc) is 2.35. The summed E-state index contributed by atoms with van der Waals surface area (Å²) in [5.74, 6) is -2.03. The Morgan fingerprint density at radius 1 is 1.58 bits per heavy atom. The van der Waals surface area contributed by atoms with Crippen molar-refractivity contribution in [3.63, 3.8) is 0 Å². The number of ether oxygens (including phenoxy) is 2. The van der Waals surface area contributed by atoms with Gasteiger partial charge in [0.25, 0.3) is 0 Å². The van der Waals surface area contributed by atoms with Gasteiger partial charge in [-0.2, -0.15) is 4.39 Å². The smallest absolute Gasteiger partial charge is 0.341 e. The predicted octanol–water partition coefficient (Wildman–Crippen LogP) is 1.04. The topological polar surface area (TPSA) is 98.9 Å². The summed E-state index contributed by atoms with van der Waals surface area (Å²) < 4.78 is 22.6. The minimum absolute atomic E-state index is 0.0488. The second-order valence-corrected chi connectivity index (χ2v) is 3.92. The molecule has 1 aromatic carbocycles. The summed E-state index contributed by atoms with van der Waals surface area (Å²) in [5.41, 5.74) is -2.58. The number of methoxy groups -OCH3 is 1. The number of rotatable bonds is 5. The highest BCUT2D eigenvalue weighted by molar-refractivity contribution is 5.78. The zero-order valence-electron chi connectivity index (χ0n) is 10.3. The minimum atomic E-state index is -1.90. The Bertz CT molecular complexity index is 502. The Hall–Kier alpha value is -2.22.